The molecule has 0 bridgehead atoms. The first kappa shape index (κ1) is 73.6. The molecule has 2 aliphatic rings. The first-order valence-corrected chi connectivity index (χ1v) is 23.6. The van der Waals surface area contributed by atoms with Crippen molar-refractivity contribution in [2.75, 3.05) is 7.05 Å². The van der Waals surface area contributed by atoms with Gasteiger partial charge >= 0.3 is 0 Å². The maximum Gasteiger partial charge on any atom is 0.134 e. The van der Waals surface area contributed by atoms with Gasteiger partial charge in [0, 0.05) is 38.6 Å². The van der Waals surface area contributed by atoms with Crippen LogP contribution in [-0.4, -0.2) is 7.05 Å². The monoisotopic (exact) mass is 921 g/mol. The maximum atomic E-state index is 15.7. The quantitative estimate of drug-likeness (QED) is 0.128. The van der Waals surface area contributed by atoms with Crippen LogP contribution in [0.1, 0.15) is 214 Å². The Kier molecular flexibility index (Phi) is 65.5. The van der Waals surface area contributed by atoms with Crippen molar-refractivity contribution in [1.29, 1.82) is 0 Å². The predicted octanol–water partition coefficient (Wildman–Crippen LogP) is 19.4. The van der Waals surface area contributed by atoms with Crippen molar-refractivity contribution in [1.82, 2.24) is 0 Å². The van der Waals surface area contributed by atoms with E-state index in [4.69, 9.17) is 0 Å². The molecule has 3 heteroatoms. The summed E-state index contributed by atoms with van der Waals surface area (Å²) in [6.45, 7) is 33.2. The molecule has 1 nitrogen and oxygen atoms in total. The van der Waals surface area contributed by atoms with Gasteiger partial charge < -0.3 is 27.5 Å². The summed E-state index contributed by atoms with van der Waals surface area (Å²) < 4.78 is 15.7. The van der Waals surface area contributed by atoms with Crippen molar-refractivity contribution in [3.63, 3.8) is 0 Å². The van der Waals surface area contributed by atoms with E-state index in [2.05, 4.69) is 142 Å². The summed E-state index contributed by atoms with van der Waals surface area (Å²) >= 11 is 0. The molecular formula is C58H102FNY-4. The minimum atomic E-state index is -1.31. The Bertz CT molecular complexity index is 1280. The second-order valence-corrected chi connectivity index (χ2v) is 14.8. The van der Waals surface area contributed by atoms with Crippen LogP contribution in [0.5, 0.6) is 0 Å². The Hall–Kier alpha value is -1.83. The zero-order valence-electron chi connectivity index (χ0n) is 43.7. The van der Waals surface area contributed by atoms with E-state index in [0.29, 0.717) is 6.42 Å². The Labute approximate surface area is 410 Å². The van der Waals surface area contributed by atoms with Crippen LogP contribution in [0.15, 0.2) is 96.3 Å². The summed E-state index contributed by atoms with van der Waals surface area (Å²) in [5.41, 5.74) is 12.2. The van der Waals surface area contributed by atoms with Crippen molar-refractivity contribution in [3.05, 3.63) is 146 Å². The van der Waals surface area contributed by atoms with Gasteiger partial charge in [0.15, 0.2) is 0 Å². The van der Waals surface area contributed by atoms with E-state index in [0.717, 1.165) is 42.7 Å². The average molecular weight is 921 g/mol. The van der Waals surface area contributed by atoms with Gasteiger partial charge in [-0.3, -0.25) is 6.08 Å². The van der Waals surface area contributed by atoms with Crippen LogP contribution in [0.2, 0.25) is 0 Å². The van der Waals surface area contributed by atoms with E-state index >= 15 is 4.39 Å². The SMILES string of the molecule is C/C=C/C=[C-]CCC.CC.CCC.CCCC.CCCC(CC)CCC.CN.Cc1ccc(C2c3ccccc3C(C)(F)CC2C2=CCCC=C=C2)cc1.[CH2-]CCC.[CH3-].[CH3-].[Y]. The van der Waals surface area contributed by atoms with E-state index in [-0.39, 0.29) is 59.4 Å². The first-order valence-electron chi connectivity index (χ1n) is 23.6. The molecule has 2 aromatic rings. The second-order valence-electron chi connectivity index (χ2n) is 14.8. The molecule has 0 amide bonds. The molecule has 2 aromatic carbocycles. The number of hydrogen-bond donors (Lipinski definition) is 1. The smallest absolute Gasteiger partial charge is 0.134 e. The molecule has 0 saturated carbocycles. The number of unbranched alkanes of at least 4 members (excludes halogenated alkanes) is 3. The van der Waals surface area contributed by atoms with Gasteiger partial charge in [-0.15, -0.1) is 12.2 Å². The van der Waals surface area contributed by atoms with Gasteiger partial charge in [0.05, 0.1) is 0 Å². The van der Waals surface area contributed by atoms with Gasteiger partial charge in [-0.1, -0.05) is 207 Å². The summed E-state index contributed by atoms with van der Waals surface area (Å²) in [5.74, 6) is 1.32. The molecule has 1 radical (unpaired) electrons. The van der Waals surface area contributed by atoms with E-state index in [1.165, 1.54) is 88.0 Å². The van der Waals surface area contributed by atoms with Gasteiger partial charge in [-0.05, 0) is 86.4 Å². The number of halogens is 1. The Morgan fingerprint density at radius 3 is 1.80 bits per heavy atom. The molecule has 3 atom stereocenters. The molecule has 0 saturated heterocycles. The molecule has 0 aromatic heterocycles. The Morgan fingerprint density at radius 1 is 0.836 bits per heavy atom. The van der Waals surface area contributed by atoms with E-state index in [1.54, 1.807) is 6.92 Å². The molecule has 61 heavy (non-hydrogen) atoms. The number of rotatable bonds is 12. The van der Waals surface area contributed by atoms with Crippen LogP contribution in [0.25, 0.3) is 0 Å². The molecule has 0 aliphatic heterocycles. The van der Waals surface area contributed by atoms with E-state index in [1.807, 2.05) is 57.2 Å². The number of aryl methyl sites for hydroxylation is 1. The van der Waals surface area contributed by atoms with Gasteiger partial charge in [-0.2, -0.15) is 12.5 Å². The standard InChI is InChI=1S/C25H25F.C9H20.C8H13.C4H10.C4H9.C3H8.C2H6.CH5N.2CH3.Y/c1-18-13-15-20(16-14-18)24-21-11-7-8-12-23(21)25(2,26)17-22(24)19-9-5-3-4-6-10-19;1-4-7-9(6-3)8-5-2;1-3-5-7-8-6-4-2;2*1-3-4-2;1-3-2;2*1-2;;;/h3,7-16,22,24H,4,6,17H2,1-2H3;9H,4-8H2,1-3H3;3,5,7H,4,6H2,1-2H3;3-4H2,1-2H3;1,3-4H2,2H3;3H2,1-2H3;1-2H3;2H2,1H3;2*1H3;/q;;-1;;-1;;;;2*-1;/b;;5-3+;;;;;;;;. The van der Waals surface area contributed by atoms with Crippen molar-refractivity contribution in [2.24, 2.45) is 17.6 Å². The van der Waals surface area contributed by atoms with Crippen LogP contribution in [0.3, 0.4) is 0 Å². The number of alkyl halides is 1. The first-order chi connectivity index (χ1) is 28.1. The topological polar surface area (TPSA) is 26.0 Å². The molecule has 0 fully saturated rings. The van der Waals surface area contributed by atoms with Gasteiger partial charge in [0.2, 0.25) is 0 Å². The molecule has 353 valence electrons. The molecule has 0 spiro atoms. The summed E-state index contributed by atoms with van der Waals surface area (Å²) in [5, 5.41) is 0. The third-order valence-corrected chi connectivity index (χ3v) is 9.41. The third kappa shape index (κ3) is 37.3. The van der Waals surface area contributed by atoms with Crippen LogP contribution < -0.4 is 5.73 Å². The minimum absolute atomic E-state index is 0. The van der Waals surface area contributed by atoms with Crippen molar-refractivity contribution >= 4 is 0 Å². The molecular weight excluding hydrogens is 819 g/mol. The third-order valence-electron chi connectivity index (χ3n) is 9.41. The predicted molar refractivity (Wildman–Crippen MR) is 278 cm³/mol. The fraction of sp³-hybridized carbons (Fsp3) is 0.586. The van der Waals surface area contributed by atoms with Crippen molar-refractivity contribution in [3.8, 4) is 0 Å². The van der Waals surface area contributed by atoms with Crippen molar-refractivity contribution < 1.29 is 37.1 Å². The summed E-state index contributed by atoms with van der Waals surface area (Å²) in [7, 11) is 1.50. The number of hydrogen-bond acceptors (Lipinski definition) is 1. The molecule has 2 aliphatic carbocycles. The normalized spacial score (nSPS) is 16.3. The fourth-order valence-corrected chi connectivity index (χ4v) is 6.25. The van der Waals surface area contributed by atoms with Crippen LogP contribution in [0.4, 0.5) is 4.39 Å². The van der Waals surface area contributed by atoms with Crippen LogP contribution in [-0.2, 0) is 38.4 Å². The maximum absolute atomic E-state index is 15.7. The number of allylic oxidation sites excluding steroid dienone is 7. The minimum Gasteiger partial charge on any atom is -0.358 e. The molecule has 3 unspecified atom stereocenters. The Balaban J connectivity index is -0.000000139. The van der Waals surface area contributed by atoms with Crippen molar-refractivity contribution in [2.45, 2.75) is 205 Å². The van der Waals surface area contributed by atoms with Crippen LogP contribution >= 0.6 is 0 Å². The number of nitrogens with two attached hydrogens (primary N) is 1. The average Bonchev–Trinajstić information content (AvgIpc) is 3.55. The van der Waals surface area contributed by atoms with Gasteiger partial charge in [0.25, 0.3) is 0 Å². The fourth-order valence-electron chi connectivity index (χ4n) is 6.25. The second kappa shape index (κ2) is 54.3. The van der Waals surface area contributed by atoms with E-state index in [9.17, 15) is 0 Å². The molecule has 0 heterocycles. The Morgan fingerprint density at radius 2 is 1.36 bits per heavy atom. The summed E-state index contributed by atoms with van der Waals surface area (Å²) in [6, 6.07) is 16.8. The van der Waals surface area contributed by atoms with Crippen LogP contribution in [0, 0.1) is 46.6 Å². The summed E-state index contributed by atoms with van der Waals surface area (Å²) in [4.78, 5) is 0. The van der Waals surface area contributed by atoms with Gasteiger partial charge in [0.1, 0.15) is 5.67 Å². The zero-order valence-corrected chi connectivity index (χ0v) is 46.5. The number of fused-ring (bicyclic) bond motifs is 1. The zero-order chi connectivity index (χ0) is 45.0. The van der Waals surface area contributed by atoms with Gasteiger partial charge in [-0.25, -0.2) is 16.5 Å². The molecule has 2 N–H and O–H groups in total. The largest absolute Gasteiger partial charge is 0.358 e. The number of benzene rings is 2. The molecule has 4 rings (SSSR count). The summed E-state index contributed by atoms with van der Waals surface area (Å²) in [6.07, 6.45) is 33.4. The van der Waals surface area contributed by atoms with E-state index < -0.39 is 5.67 Å².